The third-order valence-corrected chi connectivity index (χ3v) is 5.29. The molecule has 0 saturated carbocycles. The molecule has 0 atom stereocenters. The Balaban J connectivity index is 2.13. The molecule has 0 fully saturated rings. The second-order valence-corrected chi connectivity index (χ2v) is 8.07. The lowest BCUT2D eigenvalue weighted by Crippen LogP contribution is -2.30. The summed E-state index contributed by atoms with van der Waals surface area (Å²) in [5.41, 5.74) is 1.51. The number of nitrogens with zero attached hydrogens (tertiary/aromatic N) is 3. The van der Waals surface area contributed by atoms with Gasteiger partial charge >= 0.3 is 0 Å². The van der Waals surface area contributed by atoms with Crippen molar-refractivity contribution in [3.05, 3.63) is 61.9 Å². The first-order valence-electron chi connectivity index (χ1n) is 7.38. The second-order valence-electron chi connectivity index (χ2n) is 5.63. The van der Waals surface area contributed by atoms with Gasteiger partial charge in [-0.25, -0.2) is 4.98 Å². The molecule has 2 heterocycles. The highest BCUT2D eigenvalue weighted by Crippen LogP contribution is 2.26. The molecule has 24 heavy (non-hydrogen) atoms. The number of carbonyl (C=O) groups is 1. The van der Waals surface area contributed by atoms with E-state index in [1.807, 2.05) is 36.4 Å². The third kappa shape index (κ3) is 3.42. The molecule has 3 aromatic rings. The van der Waals surface area contributed by atoms with E-state index in [1.54, 1.807) is 18.7 Å². The Morgan fingerprint density at radius 3 is 2.67 bits per heavy atom. The van der Waals surface area contributed by atoms with Gasteiger partial charge in [-0.1, -0.05) is 30.3 Å². The van der Waals surface area contributed by atoms with Gasteiger partial charge in [0, 0.05) is 14.1 Å². The number of likely N-dealkylation sites (N-methyl/N-ethyl adjacent to an activating group) is 1. The highest BCUT2D eigenvalue weighted by Gasteiger charge is 2.17. The predicted molar refractivity (Wildman–Crippen MR) is 99.5 cm³/mol. The van der Waals surface area contributed by atoms with Crippen LogP contribution in [-0.4, -0.2) is 34.5 Å². The monoisotopic (exact) mass is 405 g/mol. The number of benzene rings is 1. The van der Waals surface area contributed by atoms with Crippen molar-refractivity contribution in [1.29, 1.82) is 0 Å². The van der Waals surface area contributed by atoms with Gasteiger partial charge in [-0.05, 0) is 27.6 Å². The van der Waals surface area contributed by atoms with Gasteiger partial charge in [-0.3, -0.25) is 14.2 Å². The summed E-state index contributed by atoms with van der Waals surface area (Å²) in [6.45, 7) is 0.397. The van der Waals surface area contributed by atoms with Crippen LogP contribution in [0.3, 0.4) is 0 Å². The molecule has 1 aromatic carbocycles. The molecule has 0 aliphatic heterocycles. The van der Waals surface area contributed by atoms with Crippen LogP contribution in [0.1, 0.15) is 11.4 Å². The number of fused-ring (bicyclic) bond motifs is 1. The Kier molecular flexibility index (Phi) is 4.82. The van der Waals surface area contributed by atoms with Gasteiger partial charge in [0.05, 0.1) is 22.3 Å². The number of rotatable bonds is 4. The van der Waals surface area contributed by atoms with Crippen LogP contribution in [0.15, 0.2) is 45.0 Å². The lowest BCUT2D eigenvalue weighted by atomic mass is 10.2. The zero-order valence-corrected chi connectivity index (χ0v) is 15.7. The highest BCUT2D eigenvalue weighted by atomic mass is 79.9. The topological polar surface area (TPSA) is 55.2 Å². The number of halogens is 1. The van der Waals surface area contributed by atoms with E-state index >= 15 is 0 Å². The van der Waals surface area contributed by atoms with Gasteiger partial charge in [-0.15, -0.1) is 11.3 Å². The second kappa shape index (κ2) is 6.86. The molecular weight excluding hydrogens is 390 g/mol. The normalized spacial score (nSPS) is 11.0. The molecule has 124 valence electrons. The van der Waals surface area contributed by atoms with E-state index < -0.39 is 0 Å². The Bertz CT molecular complexity index is 948. The van der Waals surface area contributed by atoms with Crippen molar-refractivity contribution in [3.63, 3.8) is 0 Å². The Morgan fingerprint density at radius 1 is 1.29 bits per heavy atom. The number of aromatic nitrogens is 2. The molecule has 0 saturated heterocycles. The molecule has 0 N–H and O–H groups in total. The molecule has 0 aliphatic rings. The maximum absolute atomic E-state index is 12.9. The van der Waals surface area contributed by atoms with Crippen LogP contribution in [-0.2, 0) is 17.8 Å². The quantitative estimate of drug-likeness (QED) is 0.670. The highest BCUT2D eigenvalue weighted by molar-refractivity contribution is 9.11. The first-order chi connectivity index (χ1) is 11.5. The molecule has 2 aromatic heterocycles. The molecule has 0 bridgehead atoms. The van der Waals surface area contributed by atoms with E-state index in [2.05, 4.69) is 20.9 Å². The van der Waals surface area contributed by atoms with Crippen LogP contribution in [0.25, 0.3) is 10.2 Å². The summed E-state index contributed by atoms with van der Waals surface area (Å²) < 4.78 is 3.05. The Hall–Kier alpha value is -1.99. The summed E-state index contributed by atoms with van der Waals surface area (Å²) >= 11 is 4.77. The van der Waals surface area contributed by atoms with Gasteiger partial charge < -0.3 is 4.90 Å². The van der Waals surface area contributed by atoms with Gasteiger partial charge in [-0.2, -0.15) is 0 Å². The van der Waals surface area contributed by atoms with E-state index in [0.29, 0.717) is 22.6 Å². The van der Waals surface area contributed by atoms with E-state index in [9.17, 15) is 9.59 Å². The van der Waals surface area contributed by atoms with Crippen molar-refractivity contribution >= 4 is 43.4 Å². The molecule has 3 rings (SSSR count). The van der Waals surface area contributed by atoms with Crippen LogP contribution in [0.2, 0.25) is 0 Å². The van der Waals surface area contributed by atoms with Crippen molar-refractivity contribution in [1.82, 2.24) is 14.5 Å². The Morgan fingerprint density at radius 2 is 2.00 bits per heavy atom. The van der Waals surface area contributed by atoms with E-state index in [1.165, 1.54) is 16.2 Å². The zero-order valence-electron chi connectivity index (χ0n) is 13.3. The number of carbonyl (C=O) groups excluding carboxylic acids is 1. The molecule has 7 heteroatoms. The van der Waals surface area contributed by atoms with Gasteiger partial charge in [0.1, 0.15) is 10.5 Å². The van der Waals surface area contributed by atoms with Gasteiger partial charge in [0.25, 0.3) is 5.56 Å². The lowest BCUT2D eigenvalue weighted by Gasteiger charge is -2.14. The summed E-state index contributed by atoms with van der Waals surface area (Å²) in [6.07, 6.45) is 0.0957. The zero-order chi connectivity index (χ0) is 17.3. The average Bonchev–Trinajstić information content (AvgIpc) is 2.92. The maximum atomic E-state index is 12.9. The van der Waals surface area contributed by atoms with Crippen LogP contribution in [0.5, 0.6) is 0 Å². The standard InChI is InChI=1S/C17H16BrN3O2S/c1-20(2)15(22)9-14-19-12-8-13(18)24-16(12)17(23)21(14)10-11-6-4-3-5-7-11/h3-8H,9-10H2,1-2H3. The van der Waals surface area contributed by atoms with E-state index in [0.717, 1.165) is 9.35 Å². The fraction of sp³-hybridized carbons (Fsp3) is 0.235. The van der Waals surface area contributed by atoms with Gasteiger partial charge in [0.2, 0.25) is 5.91 Å². The molecule has 0 aliphatic carbocycles. The Labute approximate surface area is 151 Å². The third-order valence-electron chi connectivity index (χ3n) is 3.67. The minimum atomic E-state index is -0.110. The molecule has 5 nitrogen and oxygen atoms in total. The van der Waals surface area contributed by atoms with Crippen molar-refractivity contribution in [2.24, 2.45) is 0 Å². The first-order valence-corrected chi connectivity index (χ1v) is 8.99. The fourth-order valence-electron chi connectivity index (χ4n) is 2.39. The minimum absolute atomic E-state index is 0.0858. The van der Waals surface area contributed by atoms with Crippen molar-refractivity contribution < 1.29 is 4.79 Å². The summed E-state index contributed by atoms with van der Waals surface area (Å²) in [7, 11) is 3.39. The van der Waals surface area contributed by atoms with Crippen LogP contribution in [0.4, 0.5) is 0 Å². The summed E-state index contributed by atoms with van der Waals surface area (Å²) in [5.74, 6) is 0.401. The SMILES string of the molecule is CN(C)C(=O)Cc1nc2cc(Br)sc2c(=O)n1Cc1ccccc1. The fourth-order valence-corrected chi connectivity index (χ4v) is 3.86. The molecule has 0 radical (unpaired) electrons. The first kappa shape index (κ1) is 16.9. The van der Waals surface area contributed by atoms with Gasteiger partial charge in [0.15, 0.2) is 0 Å². The summed E-state index contributed by atoms with van der Waals surface area (Å²) in [4.78, 5) is 31.1. The molecular formula is C17H16BrN3O2S. The predicted octanol–water partition coefficient (Wildman–Crippen LogP) is 2.90. The van der Waals surface area contributed by atoms with E-state index in [4.69, 9.17) is 0 Å². The largest absolute Gasteiger partial charge is 0.348 e. The minimum Gasteiger partial charge on any atom is -0.348 e. The number of thiophene rings is 1. The lowest BCUT2D eigenvalue weighted by molar-refractivity contribution is -0.128. The smallest absolute Gasteiger partial charge is 0.271 e. The van der Waals surface area contributed by atoms with Crippen LogP contribution < -0.4 is 5.56 Å². The number of hydrogen-bond donors (Lipinski definition) is 0. The molecule has 0 spiro atoms. The summed E-state index contributed by atoms with van der Waals surface area (Å²) in [6, 6.07) is 11.5. The van der Waals surface area contributed by atoms with Crippen molar-refractivity contribution in [3.8, 4) is 0 Å². The average molecular weight is 406 g/mol. The van der Waals surface area contributed by atoms with Crippen molar-refractivity contribution in [2.75, 3.05) is 14.1 Å². The molecule has 1 amide bonds. The van der Waals surface area contributed by atoms with Crippen molar-refractivity contribution in [2.45, 2.75) is 13.0 Å². The van der Waals surface area contributed by atoms with Crippen LogP contribution in [0, 0.1) is 0 Å². The van der Waals surface area contributed by atoms with Crippen LogP contribution >= 0.6 is 27.3 Å². The number of amides is 1. The summed E-state index contributed by atoms with van der Waals surface area (Å²) in [5, 5.41) is 0. The maximum Gasteiger partial charge on any atom is 0.271 e. The van der Waals surface area contributed by atoms with E-state index in [-0.39, 0.29) is 17.9 Å². The number of hydrogen-bond acceptors (Lipinski definition) is 4. The molecule has 0 unspecified atom stereocenters.